The molecule has 1 aliphatic rings. The third kappa shape index (κ3) is 1.52. The molecule has 0 radical (unpaired) electrons. The SMILES string of the molecule is Cc1nn(C)c(C)c1CN1CC(N)C1=O. The summed E-state index contributed by atoms with van der Waals surface area (Å²) in [6.07, 6.45) is 0. The maximum absolute atomic E-state index is 11.4. The Bertz CT molecular complexity index is 410. The number of carbonyl (C=O) groups excluding carboxylic acids is 1. The molecule has 1 atom stereocenters. The maximum atomic E-state index is 11.4. The highest BCUT2D eigenvalue weighted by Crippen LogP contribution is 2.18. The zero-order valence-electron chi connectivity index (χ0n) is 9.32. The minimum absolute atomic E-state index is 0.0395. The smallest absolute Gasteiger partial charge is 0.241 e. The van der Waals surface area contributed by atoms with Crippen molar-refractivity contribution >= 4 is 5.91 Å². The zero-order chi connectivity index (χ0) is 11.2. The van der Waals surface area contributed by atoms with E-state index >= 15 is 0 Å². The van der Waals surface area contributed by atoms with Crippen LogP contribution in [0.1, 0.15) is 17.0 Å². The monoisotopic (exact) mass is 208 g/mol. The molecule has 1 saturated heterocycles. The summed E-state index contributed by atoms with van der Waals surface area (Å²) >= 11 is 0. The van der Waals surface area contributed by atoms with Crippen LogP contribution in [0.3, 0.4) is 0 Å². The van der Waals surface area contributed by atoms with E-state index in [9.17, 15) is 4.79 Å². The van der Waals surface area contributed by atoms with Crippen LogP contribution < -0.4 is 5.73 Å². The number of hydrogen-bond acceptors (Lipinski definition) is 3. The summed E-state index contributed by atoms with van der Waals surface area (Å²) < 4.78 is 1.84. The van der Waals surface area contributed by atoms with E-state index in [2.05, 4.69) is 5.10 Å². The number of carbonyl (C=O) groups is 1. The van der Waals surface area contributed by atoms with Crippen LogP contribution in [-0.4, -0.2) is 33.2 Å². The molecule has 2 heterocycles. The number of β-lactam (4-membered cyclic amide) rings is 1. The van der Waals surface area contributed by atoms with Gasteiger partial charge in [0.05, 0.1) is 5.69 Å². The normalized spacial score (nSPS) is 20.7. The first kappa shape index (κ1) is 10.2. The lowest BCUT2D eigenvalue weighted by molar-refractivity contribution is -0.143. The zero-order valence-corrected chi connectivity index (χ0v) is 9.32. The van der Waals surface area contributed by atoms with Gasteiger partial charge in [-0.05, 0) is 13.8 Å². The number of nitrogens with two attached hydrogens (primary N) is 1. The molecule has 1 amide bonds. The molecule has 0 aromatic carbocycles. The minimum Gasteiger partial charge on any atom is -0.335 e. The molecule has 1 aliphatic heterocycles. The Morgan fingerprint density at radius 2 is 2.20 bits per heavy atom. The predicted molar refractivity (Wildman–Crippen MR) is 56.1 cm³/mol. The molecule has 2 rings (SSSR count). The van der Waals surface area contributed by atoms with Crippen molar-refractivity contribution in [1.82, 2.24) is 14.7 Å². The predicted octanol–water partition coefficient (Wildman–Crippen LogP) is -0.294. The molecule has 1 aromatic heterocycles. The largest absolute Gasteiger partial charge is 0.335 e. The van der Waals surface area contributed by atoms with Gasteiger partial charge in [0.1, 0.15) is 6.04 Å². The molecule has 15 heavy (non-hydrogen) atoms. The van der Waals surface area contributed by atoms with Gasteiger partial charge in [0.25, 0.3) is 0 Å². The summed E-state index contributed by atoms with van der Waals surface area (Å²) in [4.78, 5) is 13.1. The van der Waals surface area contributed by atoms with Crippen LogP contribution in [0.4, 0.5) is 0 Å². The lowest BCUT2D eigenvalue weighted by atomic mass is 10.1. The Labute approximate surface area is 88.8 Å². The Morgan fingerprint density at radius 3 is 2.60 bits per heavy atom. The van der Waals surface area contributed by atoms with Gasteiger partial charge >= 0.3 is 0 Å². The first-order valence-corrected chi connectivity index (χ1v) is 5.04. The number of aryl methyl sites for hydroxylation is 2. The maximum Gasteiger partial charge on any atom is 0.241 e. The third-order valence-electron chi connectivity index (χ3n) is 3.05. The molecule has 0 aliphatic carbocycles. The van der Waals surface area contributed by atoms with Gasteiger partial charge in [-0.2, -0.15) is 5.10 Å². The van der Waals surface area contributed by atoms with Crippen molar-refractivity contribution in [3.63, 3.8) is 0 Å². The summed E-state index contributed by atoms with van der Waals surface area (Å²) in [7, 11) is 1.91. The van der Waals surface area contributed by atoms with Gasteiger partial charge in [-0.15, -0.1) is 0 Å². The van der Waals surface area contributed by atoms with Gasteiger partial charge in [0.2, 0.25) is 5.91 Å². The molecule has 0 bridgehead atoms. The van der Waals surface area contributed by atoms with E-state index in [0.29, 0.717) is 13.1 Å². The van der Waals surface area contributed by atoms with E-state index in [0.717, 1.165) is 17.0 Å². The Hall–Kier alpha value is -1.36. The van der Waals surface area contributed by atoms with E-state index < -0.39 is 0 Å². The average molecular weight is 208 g/mol. The molecule has 0 saturated carbocycles. The lowest BCUT2D eigenvalue weighted by Gasteiger charge is -2.36. The second-order valence-corrected chi connectivity index (χ2v) is 4.10. The van der Waals surface area contributed by atoms with Crippen LogP contribution in [-0.2, 0) is 18.4 Å². The first-order valence-electron chi connectivity index (χ1n) is 5.04. The van der Waals surface area contributed by atoms with Crippen LogP contribution >= 0.6 is 0 Å². The van der Waals surface area contributed by atoms with Gasteiger partial charge in [-0.1, -0.05) is 0 Å². The molecule has 82 valence electrons. The Balaban J connectivity index is 2.15. The minimum atomic E-state index is -0.290. The Kier molecular flexibility index (Phi) is 2.26. The topological polar surface area (TPSA) is 64.2 Å². The van der Waals surface area contributed by atoms with Crippen LogP contribution in [0.2, 0.25) is 0 Å². The molecule has 1 unspecified atom stereocenters. The number of aromatic nitrogens is 2. The van der Waals surface area contributed by atoms with Gasteiger partial charge < -0.3 is 10.6 Å². The van der Waals surface area contributed by atoms with E-state index in [1.165, 1.54) is 0 Å². The molecule has 2 N–H and O–H groups in total. The van der Waals surface area contributed by atoms with Gasteiger partial charge in [0, 0.05) is 31.4 Å². The highest BCUT2D eigenvalue weighted by atomic mass is 16.2. The Morgan fingerprint density at radius 1 is 1.53 bits per heavy atom. The van der Waals surface area contributed by atoms with Crippen LogP contribution in [0.5, 0.6) is 0 Å². The number of nitrogens with zero attached hydrogens (tertiary/aromatic N) is 3. The fraction of sp³-hybridized carbons (Fsp3) is 0.600. The molecule has 1 fully saturated rings. The van der Waals surface area contributed by atoms with Crippen molar-refractivity contribution in [2.75, 3.05) is 6.54 Å². The third-order valence-corrected chi connectivity index (χ3v) is 3.05. The summed E-state index contributed by atoms with van der Waals surface area (Å²) in [6.45, 7) is 5.27. The fourth-order valence-corrected chi connectivity index (χ4v) is 1.91. The number of amides is 1. The molecular weight excluding hydrogens is 192 g/mol. The van der Waals surface area contributed by atoms with Crippen LogP contribution in [0.25, 0.3) is 0 Å². The molecule has 1 aromatic rings. The second kappa shape index (κ2) is 3.34. The number of hydrogen-bond donors (Lipinski definition) is 1. The molecule has 0 spiro atoms. The van der Waals surface area contributed by atoms with E-state index in [-0.39, 0.29) is 11.9 Å². The van der Waals surface area contributed by atoms with Crippen molar-refractivity contribution < 1.29 is 4.79 Å². The summed E-state index contributed by atoms with van der Waals surface area (Å²) in [5.41, 5.74) is 8.77. The van der Waals surface area contributed by atoms with Crippen molar-refractivity contribution in [2.24, 2.45) is 12.8 Å². The van der Waals surface area contributed by atoms with Crippen molar-refractivity contribution in [1.29, 1.82) is 0 Å². The lowest BCUT2D eigenvalue weighted by Crippen LogP contribution is -2.60. The number of likely N-dealkylation sites (tertiary alicyclic amines) is 1. The standard InChI is InChI=1S/C10H16N4O/c1-6-8(7(2)13(3)12-6)4-14-5-9(11)10(14)15/h9H,4-5,11H2,1-3H3. The van der Waals surface area contributed by atoms with Crippen LogP contribution in [0.15, 0.2) is 0 Å². The van der Waals surface area contributed by atoms with Crippen molar-refractivity contribution in [3.8, 4) is 0 Å². The molecule has 5 nitrogen and oxygen atoms in total. The van der Waals surface area contributed by atoms with Gasteiger partial charge in [-0.25, -0.2) is 0 Å². The fourth-order valence-electron chi connectivity index (χ4n) is 1.91. The summed E-state index contributed by atoms with van der Waals surface area (Å²) in [6, 6.07) is -0.290. The van der Waals surface area contributed by atoms with Crippen LogP contribution in [0, 0.1) is 13.8 Å². The average Bonchev–Trinajstić information content (AvgIpc) is 2.43. The van der Waals surface area contributed by atoms with Crippen molar-refractivity contribution in [3.05, 3.63) is 17.0 Å². The van der Waals surface area contributed by atoms with E-state index in [1.54, 1.807) is 4.90 Å². The van der Waals surface area contributed by atoms with Gasteiger partial charge in [0.15, 0.2) is 0 Å². The van der Waals surface area contributed by atoms with Gasteiger partial charge in [-0.3, -0.25) is 9.48 Å². The van der Waals surface area contributed by atoms with E-state index in [4.69, 9.17) is 5.73 Å². The van der Waals surface area contributed by atoms with E-state index in [1.807, 2.05) is 25.6 Å². The highest BCUT2D eigenvalue weighted by molar-refractivity contribution is 5.87. The first-order chi connectivity index (χ1) is 7.00. The summed E-state index contributed by atoms with van der Waals surface area (Å²) in [5.74, 6) is 0.0395. The van der Waals surface area contributed by atoms with Crippen molar-refractivity contribution in [2.45, 2.75) is 26.4 Å². The summed E-state index contributed by atoms with van der Waals surface area (Å²) in [5, 5.41) is 4.31. The second-order valence-electron chi connectivity index (χ2n) is 4.10. The molecular formula is C10H16N4O. The quantitative estimate of drug-likeness (QED) is 0.679. The highest BCUT2D eigenvalue weighted by Gasteiger charge is 2.34. The number of rotatable bonds is 2. The molecule has 5 heteroatoms.